The van der Waals surface area contributed by atoms with Crippen LogP contribution in [0, 0.1) is 20.8 Å². The van der Waals surface area contributed by atoms with E-state index >= 15 is 0 Å². The second-order valence-corrected chi connectivity index (χ2v) is 8.43. The fourth-order valence-corrected chi connectivity index (χ4v) is 4.32. The molecule has 0 unspecified atom stereocenters. The second kappa shape index (κ2) is 8.77. The number of H-pyrrole nitrogens is 1. The zero-order valence-corrected chi connectivity index (χ0v) is 19.2. The molecule has 2 heterocycles. The van der Waals surface area contributed by atoms with Gasteiger partial charge in [-0.15, -0.1) is 0 Å². The molecule has 31 heavy (non-hydrogen) atoms. The van der Waals surface area contributed by atoms with E-state index in [0.29, 0.717) is 12.3 Å². The lowest BCUT2D eigenvalue weighted by Gasteiger charge is -2.10. The molecule has 0 aliphatic heterocycles. The lowest BCUT2D eigenvalue weighted by Crippen LogP contribution is -2.00. The highest BCUT2D eigenvalue weighted by Crippen LogP contribution is 2.34. The Bertz CT molecular complexity index is 1220. The Morgan fingerprint density at radius 3 is 2.61 bits per heavy atom. The van der Waals surface area contributed by atoms with Crippen molar-refractivity contribution in [2.45, 2.75) is 40.2 Å². The molecular formula is C25H28ClN3O2. The van der Waals surface area contributed by atoms with Gasteiger partial charge >= 0.3 is 0 Å². The van der Waals surface area contributed by atoms with E-state index in [1.807, 2.05) is 44.6 Å². The van der Waals surface area contributed by atoms with Crippen molar-refractivity contribution in [2.24, 2.45) is 7.05 Å². The monoisotopic (exact) mass is 437 g/mol. The van der Waals surface area contributed by atoms with E-state index in [4.69, 9.17) is 16.3 Å². The summed E-state index contributed by atoms with van der Waals surface area (Å²) in [5.41, 5.74) is 8.22. The Kier molecular flexibility index (Phi) is 6.08. The van der Waals surface area contributed by atoms with Crippen molar-refractivity contribution in [3.63, 3.8) is 0 Å². The summed E-state index contributed by atoms with van der Waals surface area (Å²) in [7, 11) is 1.90. The van der Waals surface area contributed by atoms with E-state index in [-0.39, 0.29) is 6.61 Å². The number of hydrogen-bond donors (Lipinski definition) is 2. The van der Waals surface area contributed by atoms with Gasteiger partial charge in [-0.25, -0.2) is 0 Å². The van der Waals surface area contributed by atoms with Crippen molar-refractivity contribution in [1.29, 1.82) is 0 Å². The number of nitrogens with zero attached hydrogens (tertiary/aromatic N) is 2. The Morgan fingerprint density at radius 2 is 1.90 bits per heavy atom. The minimum Gasteiger partial charge on any atom is -0.494 e. The normalized spacial score (nSPS) is 11.4. The second-order valence-electron chi connectivity index (χ2n) is 8.05. The molecule has 4 rings (SSSR count). The number of ether oxygens (including phenoxy) is 1. The van der Waals surface area contributed by atoms with Crippen LogP contribution in [0.3, 0.4) is 0 Å². The van der Waals surface area contributed by atoms with Crippen molar-refractivity contribution in [2.75, 3.05) is 6.61 Å². The van der Waals surface area contributed by atoms with Gasteiger partial charge in [0.25, 0.3) is 0 Å². The summed E-state index contributed by atoms with van der Waals surface area (Å²) in [6.45, 7) is 6.59. The molecule has 2 N–H and O–H groups in total. The maximum Gasteiger partial charge on any atom is 0.119 e. The van der Waals surface area contributed by atoms with Crippen LogP contribution in [0.25, 0.3) is 22.0 Å². The molecule has 0 aliphatic carbocycles. The van der Waals surface area contributed by atoms with Gasteiger partial charge in [-0.2, -0.15) is 5.10 Å². The molecule has 0 radical (unpaired) electrons. The van der Waals surface area contributed by atoms with E-state index in [9.17, 15) is 5.11 Å². The average molecular weight is 438 g/mol. The molecule has 0 bridgehead atoms. The summed E-state index contributed by atoms with van der Waals surface area (Å²) in [6, 6.07) is 10.3. The van der Waals surface area contributed by atoms with E-state index in [1.165, 1.54) is 10.9 Å². The molecule has 0 saturated heterocycles. The van der Waals surface area contributed by atoms with E-state index in [0.717, 1.165) is 57.1 Å². The summed E-state index contributed by atoms with van der Waals surface area (Å²) >= 11 is 6.24. The molecular weight excluding hydrogens is 410 g/mol. The Balaban J connectivity index is 1.51. The van der Waals surface area contributed by atoms with Crippen LogP contribution in [-0.2, 0) is 20.1 Å². The first-order chi connectivity index (χ1) is 14.9. The number of aryl methyl sites for hydroxylation is 4. The highest BCUT2D eigenvalue weighted by molar-refractivity contribution is 6.32. The summed E-state index contributed by atoms with van der Waals surface area (Å²) in [5.74, 6) is 0.865. The number of nitrogens with one attached hydrogen (secondary N) is 1. The van der Waals surface area contributed by atoms with E-state index in [1.54, 1.807) is 0 Å². The molecule has 0 amide bonds. The van der Waals surface area contributed by atoms with E-state index in [2.05, 4.69) is 34.5 Å². The number of aliphatic hydroxyl groups is 1. The molecule has 0 atom stereocenters. The molecule has 5 nitrogen and oxygen atoms in total. The summed E-state index contributed by atoms with van der Waals surface area (Å²) in [4.78, 5) is 3.45. The molecule has 2 aromatic carbocycles. The largest absolute Gasteiger partial charge is 0.494 e. The molecule has 2 aromatic heterocycles. The van der Waals surface area contributed by atoms with Crippen molar-refractivity contribution in [1.82, 2.24) is 14.8 Å². The van der Waals surface area contributed by atoms with Gasteiger partial charge < -0.3 is 14.8 Å². The van der Waals surface area contributed by atoms with Gasteiger partial charge in [0.1, 0.15) is 5.75 Å². The summed E-state index contributed by atoms with van der Waals surface area (Å²) in [5, 5.41) is 16.2. The minimum absolute atomic E-state index is 0.0814. The zero-order valence-electron chi connectivity index (χ0n) is 18.4. The van der Waals surface area contributed by atoms with Crippen LogP contribution in [0.4, 0.5) is 0 Å². The average Bonchev–Trinajstić information content (AvgIpc) is 3.30. The Morgan fingerprint density at radius 1 is 1.16 bits per heavy atom. The van der Waals surface area contributed by atoms with Crippen LogP contribution in [0.2, 0.25) is 5.02 Å². The third kappa shape index (κ3) is 4.08. The smallest absolute Gasteiger partial charge is 0.119 e. The van der Waals surface area contributed by atoms with Gasteiger partial charge in [-0.3, -0.25) is 4.68 Å². The minimum atomic E-state index is -0.0814. The number of para-hydroxylation sites is 1. The van der Waals surface area contributed by atoms with Gasteiger partial charge in [0.15, 0.2) is 0 Å². The maximum atomic E-state index is 9.77. The highest BCUT2D eigenvalue weighted by atomic mass is 35.5. The van der Waals surface area contributed by atoms with Crippen LogP contribution in [0.15, 0.2) is 36.5 Å². The van der Waals surface area contributed by atoms with Crippen LogP contribution in [-0.4, -0.2) is 26.5 Å². The number of rotatable bonds is 7. The van der Waals surface area contributed by atoms with Crippen LogP contribution in [0.1, 0.15) is 34.5 Å². The van der Waals surface area contributed by atoms with Crippen molar-refractivity contribution < 1.29 is 9.84 Å². The van der Waals surface area contributed by atoms with Crippen LogP contribution < -0.4 is 4.74 Å². The molecule has 0 aliphatic rings. The Hall–Kier alpha value is -2.76. The third-order valence-corrected chi connectivity index (χ3v) is 6.49. The van der Waals surface area contributed by atoms with E-state index < -0.39 is 0 Å². The third-order valence-electron chi connectivity index (χ3n) is 5.90. The van der Waals surface area contributed by atoms with Crippen molar-refractivity contribution in [3.8, 4) is 16.9 Å². The van der Waals surface area contributed by atoms with Crippen LogP contribution in [0.5, 0.6) is 5.75 Å². The van der Waals surface area contributed by atoms with Gasteiger partial charge in [-0.05, 0) is 62.4 Å². The van der Waals surface area contributed by atoms with Gasteiger partial charge in [0.05, 0.1) is 24.4 Å². The first kappa shape index (κ1) is 21.5. The SMILES string of the molecule is Cc1cc(OCCCc2c[nH]c3c(-c4c(CO)nn(C)c4C)cccc23)cc(C)c1Cl. The number of aromatic nitrogens is 3. The maximum absolute atomic E-state index is 9.77. The Labute approximate surface area is 187 Å². The van der Waals surface area contributed by atoms with Gasteiger partial charge in [0.2, 0.25) is 0 Å². The lowest BCUT2D eigenvalue weighted by atomic mass is 9.99. The number of aliphatic hydroxyl groups excluding tert-OH is 1. The molecule has 0 fully saturated rings. The number of fused-ring (bicyclic) bond motifs is 1. The zero-order chi connectivity index (χ0) is 22.1. The first-order valence-electron chi connectivity index (χ1n) is 10.5. The lowest BCUT2D eigenvalue weighted by molar-refractivity contribution is 0.276. The first-order valence-corrected chi connectivity index (χ1v) is 10.9. The van der Waals surface area contributed by atoms with Gasteiger partial charge in [-0.1, -0.05) is 29.8 Å². The molecule has 162 valence electrons. The molecule has 0 saturated carbocycles. The number of aromatic amines is 1. The van der Waals surface area contributed by atoms with Crippen LogP contribution >= 0.6 is 11.6 Å². The number of hydrogen-bond acceptors (Lipinski definition) is 3. The molecule has 4 aromatic rings. The standard InChI is InChI=1S/C25H28ClN3O2/c1-15-11-19(12-16(2)24(15)26)31-10-6-7-18-13-27-25-20(18)8-5-9-21(25)23-17(3)29(4)28-22(23)14-30/h5,8-9,11-13,27,30H,6-7,10,14H2,1-4H3. The fourth-order valence-electron chi connectivity index (χ4n) is 4.21. The summed E-state index contributed by atoms with van der Waals surface area (Å²) in [6.07, 6.45) is 3.90. The summed E-state index contributed by atoms with van der Waals surface area (Å²) < 4.78 is 7.79. The fraction of sp³-hybridized carbons (Fsp3) is 0.320. The van der Waals surface area contributed by atoms with Crippen molar-refractivity contribution in [3.05, 3.63) is 69.6 Å². The quantitative estimate of drug-likeness (QED) is 0.367. The molecule has 6 heteroatoms. The van der Waals surface area contributed by atoms with Crippen molar-refractivity contribution >= 4 is 22.5 Å². The number of halogens is 1. The topological polar surface area (TPSA) is 63.1 Å². The highest BCUT2D eigenvalue weighted by Gasteiger charge is 2.18. The number of benzene rings is 2. The molecule has 0 spiro atoms. The predicted octanol–water partition coefficient (Wildman–Crippen LogP) is 5.65. The predicted molar refractivity (Wildman–Crippen MR) is 126 cm³/mol. The van der Waals surface area contributed by atoms with Gasteiger partial charge in [0, 0.05) is 40.5 Å².